The average Bonchev–Trinajstić information content (AvgIpc) is 3.44. The minimum atomic E-state index is -0.501. The van der Waals surface area contributed by atoms with E-state index in [1.165, 1.54) is 6.20 Å². The zero-order valence-electron chi connectivity index (χ0n) is 18.7. The molecule has 9 heteroatoms. The van der Waals surface area contributed by atoms with Crippen LogP contribution in [0.4, 0.5) is 10.2 Å². The van der Waals surface area contributed by atoms with Gasteiger partial charge in [0.2, 0.25) is 5.91 Å². The van der Waals surface area contributed by atoms with Crippen LogP contribution in [0, 0.1) is 23.6 Å². The lowest BCUT2D eigenvalue weighted by atomic mass is 9.95. The lowest BCUT2D eigenvalue weighted by Gasteiger charge is -2.34. The first-order chi connectivity index (χ1) is 16.0. The molecule has 0 aromatic carbocycles. The van der Waals surface area contributed by atoms with Gasteiger partial charge in [-0.05, 0) is 50.0 Å². The van der Waals surface area contributed by atoms with Gasteiger partial charge in [0.25, 0.3) is 0 Å². The molecule has 3 aromatic rings. The summed E-state index contributed by atoms with van der Waals surface area (Å²) in [5, 5.41) is 4.45. The first kappa shape index (κ1) is 22.1. The summed E-state index contributed by atoms with van der Waals surface area (Å²) >= 11 is 6.09. The third-order valence-electron chi connectivity index (χ3n) is 6.92. The highest BCUT2D eigenvalue weighted by Crippen LogP contribution is 2.33. The van der Waals surface area contributed by atoms with Crippen LogP contribution in [-0.2, 0) is 4.79 Å². The molecule has 0 bridgehead atoms. The molecule has 3 aromatic heterocycles. The number of hydrogen-bond donors (Lipinski definition) is 2. The summed E-state index contributed by atoms with van der Waals surface area (Å²) < 4.78 is 14.5. The largest absolute Gasteiger partial charge is 0.367 e. The molecular formula is C24H28ClFN6O. The minimum absolute atomic E-state index is 0.164. The van der Waals surface area contributed by atoms with Crippen LogP contribution in [-0.4, -0.2) is 50.4 Å². The topological polar surface area (TPSA) is 86.8 Å². The molecule has 0 radical (unpaired) electrons. The van der Waals surface area contributed by atoms with Crippen LogP contribution in [0.25, 0.3) is 22.4 Å². The number of likely N-dealkylation sites (tertiary alicyclic amines) is 1. The number of aromatic amines is 1. The molecule has 2 aliphatic rings. The minimum Gasteiger partial charge on any atom is -0.367 e. The molecule has 3 atom stereocenters. The van der Waals surface area contributed by atoms with E-state index in [1.54, 1.807) is 18.5 Å². The van der Waals surface area contributed by atoms with Gasteiger partial charge in [0.1, 0.15) is 5.65 Å². The number of aromatic nitrogens is 4. The molecule has 1 aliphatic carbocycles. The molecule has 2 fully saturated rings. The Balaban J connectivity index is 1.27. The van der Waals surface area contributed by atoms with Crippen LogP contribution >= 0.6 is 11.6 Å². The van der Waals surface area contributed by atoms with Crippen LogP contribution in [0.5, 0.6) is 0 Å². The smallest absolute Gasteiger partial charge is 0.225 e. The Bertz CT molecular complexity index is 1170. The fourth-order valence-electron chi connectivity index (χ4n) is 5.15. The van der Waals surface area contributed by atoms with Crippen molar-refractivity contribution in [3.8, 4) is 11.4 Å². The van der Waals surface area contributed by atoms with Gasteiger partial charge in [0, 0.05) is 48.9 Å². The van der Waals surface area contributed by atoms with Crippen LogP contribution < -0.4 is 5.32 Å². The SMILES string of the molecule is CC1CCC(C(=O)N2CCCC(CNc3nc(-c4c[nH]c5ncc(Cl)cc45)ncc3F)C2)C1. The van der Waals surface area contributed by atoms with Crippen molar-refractivity contribution in [1.82, 2.24) is 24.8 Å². The second-order valence-corrected chi connectivity index (χ2v) is 9.87. The number of piperidine rings is 1. The number of rotatable bonds is 5. The van der Waals surface area contributed by atoms with E-state index in [4.69, 9.17) is 11.6 Å². The van der Waals surface area contributed by atoms with E-state index >= 15 is 0 Å². The molecule has 5 rings (SSSR count). The van der Waals surface area contributed by atoms with Crippen molar-refractivity contribution in [3.63, 3.8) is 0 Å². The van der Waals surface area contributed by atoms with E-state index in [0.29, 0.717) is 47.0 Å². The second kappa shape index (κ2) is 9.25. The predicted molar refractivity (Wildman–Crippen MR) is 126 cm³/mol. The fourth-order valence-corrected chi connectivity index (χ4v) is 5.30. The number of nitrogens with zero attached hydrogens (tertiary/aromatic N) is 4. The number of halogens is 2. The summed E-state index contributed by atoms with van der Waals surface area (Å²) in [4.78, 5) is 30.9. The highest BCUT2D eigenvalue weighted by molar-refractivity contribution is 6.31. The van der Waals surface area contributed by atoms with Crippen molar-refractivity contribution in [2.45, 2.75) is 39.0 Å². The molecular weight excluding hydrogens is 443 g/mol. The fraction of sp³-hybridized carbons (Fsp3) is 0.500. The lowest BCUT2D eigenvalue weighted by Crippen LogP contribution is -2.44. The number of fused-ring (bicyclic) bond motifs is 1. The van der Waals surface area contributed by atoms with Crippen molar-refractivity contribution >= 4 is 34.4 Å². The van der Waals surface area contributed by atoms with Crippen LogP contribution in [0.2, 0.25) is 5.02 Å². The first-order valence-electron chi connectivity index (χ1n) is 11.7. The Hall–Kier alpha value is -2.74. The normalized spacial score (nSPS) is 23.2. The van der Waals surface area contributed by atoms with Crippen molar-refractivity contribution < 1.29 is 9.18 Å². The zero-order valence-corrected chi connectivity index (χ0v) is 19.4. The van der Waals surface area contributed by atoms with Gasteiger partial charge in [-0.2, -0.15) is 0 Å². The Morgan fingerprint density at radius 2 is 2.18 bits per heavy atom. The second-order valence-electron chi connectivity index (χ2n) is 9.43. The lowest BCUT2D eigenvalue weighted by molar-refractivity contribution is -0.137. The number of amides is 1. The van der Waals surface area contributed by atoms with Gasteiger partial charge in [0.05, 0.1) is 11.2 Å². The summed E-state index contributed by atoms with van der Waals surface area (Å²) in [6.45, 7) is 4.31. The zero-order chi connectivity index (χ0) is 22.9. The van der Waals surface area contributed by atoms with Crippen molar-refractivity contribution in [1.29, 1.82) is 0 Å². The monoisotopic (exact) mass is 470 g/mol. The van der Waals surface area contributed by atoms with Gasteiger partial charge in [0.15, 0.2) is 17.5 Å². The summed E-state index contributed by atoms with van der Waals surface area (Å²) in [5.41, 5.74) is 1.38. The molecule has 4 heterocycles. The molecule has 7 nitrogen and oxygen atoms in total. The number of pyridine rings is 1. The van der Waals surface area contributed by atoms with E-state index in [1.807, 2.05) is 4.90 Å². The molecule has 1 saturated heterocycles. The van der Waals surface area contributed by atoms with Gasteiger partial charge in [-0.1, -0.05) is 18.5 Å². The third-order valence-corrected chi connectivity index (χ3v) is 7.12. The Kier molecular flexibility index (Phi) is 6.19. The maximum Gasteiger partial charge on any atom is 0.225 e. The molecule has 33 heavy (non-hydrogen) atoms. The summed E-state index contributed by atoms with van der Waals surface area (Å²) in [5.74, 6) is 1.43. The maximum absolute atomic E-state index is 14.5. The third kappa shape index (κ3) is 4.67. The van der Waals surface area contributed by atoms with E-state index < -0.39 is 5.82 Å². The van der Waals surface area contributed by atoms with Crippen LogP contribution in [0.15, 0.2) is 24.7 Å². The van der Waals surface area contributed by atoms with Gasteiger partial charge in [-0.25, -0.2) is 19.3 Å². The first-order valence-corrected chi connectivity index (χ1v) is 12.0. The Labute approximate surface area is 197 Å². The molecule has 0 spiro atoms. The Morgan fingerprint density at radius 3 is 3.00 bits per heavy atom. The molecule has 1 amide bonds. The number of nitrogens with one attached hydrogen (secondary N) is 2. The van der Waals surface area contributed by atoms with Gasteiger partial charge >= 0.3 is 0 Å². The number of hydrogen-bond acceptors (Lipinski definition) is 5. The van der Waals surface area contributed by atoms with Gasteiger partial charge in [-0.15, -0.1) is 0 Å². The molecule has 174 valence electrons. The van der Waals surface area contributed by atoms with E-state index in [2.05, 4.69) is 32.2 Å². The van der Waals surface area contributed by atoms with Crippen LogP contribution in [0.1, 0.15) is 39.0 Å². The van der Waals surface area contributed by atoms with Crippen LogP contribution in [0.3, 0.4) is 0 Å². The van der Waals surface area contributed by atoms with Gasteiger partial charge in [-0.3, -0.25) is 4.79 Å². The standard InChI is InChI=1S/C24H28ClFN6O/c1-14-4-5-16(7-14)24(33)32-6-2-3-15(13-32)9-27-23-20(26)12-30-22(31-23)19-11-29-21-18(19)8-17(25)10-28-21/h8,10-12,14-16H,2-7,9,13H2,1H3,(H,28,29)(H,27,30,31). The van der Waals surface area contributed by atoms with E-state index in [9.17, 15) is 9.18 Å². The van der Waals surface area contributed by atoms with E-state index in [-0.39, 0.29) is 17.7 Å². The quantitative estimate of drug-likeness (QED) is 0.553. The molecule has 3 unspecified atom stereocenters. The van der Waals surface area contributed by atoms with E-state index in [0.717, 1.165) is 44.0 Å². The van der Waals surface area contributed by atoms with Gasteiger partial charge < -0.3 is 15.2 Å². The maximum atomic E-state index is 14.5. The predicted octanol–water partition coefficient (Wildman–Crippen LogP) is 4.90. The van der Waals surface area contributed by atoms with Crippen molar-refractivity contribution in [2.75, 3.05) is 25.0 Å². The average molecular weight is 471 g/mol. The summed E-state index contributed by atoms with van der Waals surface area (Å²) in [7, 11) is 0. The van der Waals surface area contributed by atoms with Crippen molar-refractivity contribution in [3.05, 3.63) is 35.5 Å². The van der Waals surface area contributed by atoms with Crippen molar-refractivity contribution in [2.24, 2.45) is 17.8 Å². The highest BCUT2D eigenvalue weighted by atomic mass is 35.5. The molecule has 1 aliphatic heterocycles. The molecule has 2 N–H and O–H groups in total. The highest BCUT2D eigenvalue weighted by Gasteiger charge is 2.33. The number of H-pyrrole nitrogens is 1. The summed E-state index contributed by atoms with van der Waals surface area (Å²) in [6.07, 6.45) is 9.62. The number of carbonyl (C=O) groups excluding carboxylic acids is 1. The summed E-state index contributed by atoms with van der Waals surface area (Å²) in [6, 6.07) is 1.79. The number of carbonyl (C=O) groups is 1. The molecule has 1 saturated carbocycles. The number of anilines is 1. The Morgan fingerprint density at radius 1 is 1.30 bits per heavy atom.